The normalized spacial score (nSPS) is 10.2. The van der Waals surface area contributed by atoms with Crippen molar-refractivity contribution >= 4 is 17.7 Å². The predicted molar refractivity (Wildman–Crippen MR) is 51.9 cm³/mol. The maximum absolute atomic E-state index is 10.7. The zero-order valence-corrected chi connectivity index (χ0v) is 7.91. The quantitative estimate of drug-likeness (QED) is 0.322. The van der Waals surface area contributed by atoms with Gasteiger partial charge in [-0.3, -0.25) is 15.1 Å². The molecule has 0 radical (unpaired) electrons. The van der Waals surface area contributed by atoms with Crippen LogP contribution in [0.4, 0.5) is 5.69 Å². The molecule has 0 saturated carbocycles. The molecule has 6 nitrogen and oxygen atoms in total. The van der Waals surface area contributed by atoms with Crippen molar-refractivity contribution in [3.63, 3.8) is 0 Å². The Balaban J connectivity index is 2.87. The van der Waals surface area contributed by atoms with E-state index in [-0.39, 0.29) is 5.69 Å². The summed E-state index contributed by atoms with van der Waals surface area (Å²) in [6, 6.07) is 2.54. The number of nitro groups is 1. The van der Waals surface area contributed by atoms with Crippen molar-refractivity contribution in [2.45, 2.75) is 0 Å². The molecule has 1 aromatic heterocycles. The van der Waals surface area contributed by atoms with E-state index in [1.807, 2.05) is 0 Å². The summed E-state index contributed by atoms with van der Waals surface area (Å²) in [6.45, 7) is 0. The van der Waals surface area contributed by atoms with E-state index in [0.29, 0.717) is 5.69 Å². The number of ether oxygens (including phenoxy) is 1. The maximum atomic E-state index is 10.7. The molecule has 6 heteroatoms. The lowest BCUT2D eigenvalue weighted by Gasteiger charge is -1.93. The standard InChI is InChI=1S/C9H8N2O4/c1-15-9(12)3-2-7-6-8(11(13)14)4-5-10-7/h2-6H,1H3. The molecule has 78 valence electrons. The fourth-order valence-corrected chi connectivity index (χ4v) is 0.863. The molecule has 1 rings (SSSR count). The van der Waals surface area contributed by atoms with E-state index in [0.717, 1.165) is 6.08 Å². The minimum absolute atomic E-state index is 0.0745. The highest BCUT2D eigenvalue weighted by molar-refractivity contribution is 5.86. The average molecular weight is 208 g/mol. The Hall–Kier alpha value is -2.24. The van der Waals surface area contributed by atoms with Crippen molar-refractivity contribution in [2.75, 3.05) is 7.11 Å². The molecular formula is C9H8N2O4. The van der Waals surface area contributed by atoms with Crippen LogP contribution in [0.3, 0.4) is 0 Å². The van der Waals surface area contributed by atoms with Gasteiger partial charge in [0, 0.05) is 24.4 Å². The summed E-state index contributed by atoms with van der Waals surface area (Å²) >= 11 is 0. The lowest BCUT2D eigenvalue weighted by molar-refractivity contribution is -0.384. The Labute approximate surface area is 85.3 Å². The third-order valence-electron chi connectivity index (χ3n) is 1.57. The van der Waals surface area contributed by atoms with Crippen molar-refractivity contribution in [1.82, 2.24) is 4.98 Å². The van der Waals surface area contributed by atoms with Crippen LogP contribution in [-0.2, 0) is 9.53 Å². The van der Waals surface area contributed by atoms with Crippen molar-refractivity contribution in [2.24, 2.45) is 0 Å². The number of aromatic nitrogens is 1. The highest BCUT2D eigenvalue weighted by atomic mass is 16.6. The van der Waals surface area contributed by atoms with Gasteiger partial charge in [0.1, 0.15) is 0 Å². The van der Waals surface area contributed by atoms with Crippen LogP contribution in [0, 0.1) is 10.1 Å². The third kappa shape index (κ3) is 3.18. The first-order chi connectivity index (χ1) is 7.13. The van der Waals surface area contributed by atoms with Gasteiger partial charge in [0.25, 0.3) is 5.69 Å². The van der Waals surface area contributed by atoms with Gasteiger partial charge in [0.15, 0.2) is 0 Å². The molecule has 0 N–H and O–H groups in total. The molecule has 1 heterocycles. The van der Waals surface area contributed by atoms with Gasteiger partial charge in [-0.2, -0.15) is 0 Å². The molecule has 0 saturated heterocycles. The number of hydrogen-bond acceptors (Lipinski definition) is 5. The van der Waals surface area contributed by atoms with Crippen LogP contribution in [0.25, 0.3) is 6.08 Å². The van der Waals surface area contributed by atoms with E-state index in [1.165, 1.54) is 31.5 Å². The number of nitrogens with zero attached hydrogens (tertiary/aromatic N) is 2. The first kappa shape index (κ1) is 10.8. The molecule has 0 aliphatic carbocycles. The number of rotatable bonds is 3. The molecule has 0 unspecified atom stereocenters. The second-order valence-corrected chi connectivity index (χ2v) is 2.55. The zero-order valence-electron chi connectivity index (χ0n) is 7.91. The minimum atomic E-state index is -0.539. The Bertz CT molecular complexity index is 414. The number of hydrogen-bond donors (Lipinski definition) is 0. The van der Waals surface area contributed by atoms with Crippen LogP contribution in [0.5, 0.6) is 0 Å². The summed E-state index contributed by atoms with van der Waals surface area (Å²) in [5.41, 5.74) is 0.254. The topological polar surface area (TPSA) is 82.3 Å². The van der Waals surface area contributed by atoms with E-state index in [2.05, 4.69) is 9.72 Å². The van der Waals surface area contributed by atoms with Gasteiger partial charge >= 0.3 is 5.97 Å². The second-order valence-electron chi connectivity index (χ2n) is 2.55. The Morgan fingerprint density at radius 1 is 1.67 bits per heavy atom. The van der Waals surface area contributed by atoms with Gasteiger partial charge in [-0.1, -0.05) is 0 Å². The Morgan fingerprint density at radius 3 is 3.00 bits per heavy atom. The summed E-state index contributed by atoms with van der Waals surface area (Å²) in [4.78, 5) is 24.4. The highest BCUT2D eigenvalue weighted by Crippen LogP contribution is 2.11. The fraction of sp³-hybridized carbons (Fsp3) is 0.111. The summed E-state index contributed by atoms with van der Waals surface area (Å²) in [5.74, 6) is -0.539. The molecule has 0 bridgehead atoms. The molecular weight excluding hydrogens is 200 g/mol. The summed E-state index contributed by atoms with van der Waals surface area (Å²) < 4.78 is 4.36. The van der Waals surface area contributed by atoms with Crippen LogP contribution >= 0.6 is 0 Å². The Morgan fingerprint density at radius 2 is 2.40 bits per heavy atom. The number of carbonyl (C=O) groups excluding carboxylic acids is 1. The van der Waals surface area contributed by atoms with Crippen molar-refractivity contribution in [1.29, 1.82) is 0 Å². The molecule has 0 spiro atoms. The number of carbonyl (C=O) groups is 1. The maximum Gasteiger partial charge on any atom is 0.330 e. The van der Waals surface area contributed by atoms with Gasteiger partial charge < -0.3 is 4.74 Å². The zero-order chi connectivity index (χ0) is 11.3. The molecule has 0 amide bonds. The number of esters is 1. The lowest BCUT2D eigenvalue weighted by atomic mass is 10.3. The summed E-state index contributed by atoms with van der Waals surface area (Å²) in [7, 11) is 1.24. The van der Waals surface area contributed by atoms with Crippen LogP contribution in [0.2, 0.25) is 0 Å². The van der Waals surface area contributed by atoms with Gasteiger partial charge in [-0.15, -0.1) is 0 Å². The van der Waals surface area contributed by atoms with E-state index < -0.39 is 10.9 Å². The fourth-order valence-electron chi connectivity index (χ4n) is 0.863. The molecule has 0 atom stereocenters. The van der Waals surface area contributed by atoms with Crippen LogP contribution in [0.15, 0.2) is 24.4 Å². The summed E-state index contributed by atoms with van der Waals surface area (Å²) in [5, 5.41) is 10.4. The lowest BCUT2D eigenvalue weighted by Crippen LogP contribution is -1.94. The molecule has 1 aromatic rings. The van der Waals surface area contributed by atoms with E-state index in [9.17, 15) is 14.9 Å². The third-order valence-corrected chi connectivity index (χ3v) is 1.57. The molecule has 0 fully saturated rings. The van der Waals surface area contributed by atoms with E-state index in [4.69, 9.17) is 0 Å². The second kappa shape index (κ2) is 4.85. The predicted octanol–water partition coefficient (Wildman–Crippen LogP) is 1.18. The van der Waals surface area contributed by atoms with Gasteiger partial charge in [0.2, 0.25) is 0 Å². The highest BCUT2D eigenvalue weighted by Gasteiger charge is 2.04. The summed E-state index contributed by atoms with van der Waals surface area (Å²) in [6.07, 6.45) is 3.79. The molecule has 0 aliphatic heterocycles. The van der Waals surface area contributed by atoms with Crippen molar-refractivity contribution < 1.29 is 14.5 Å². The largest absolute Gasteiger partial charge is 0.466 e. The molecule has 0 aromatic carbocycles. The van der Waals surface area contributed by atoms with E-state index >= 15 is 0 Å². The SMILES string of the molecule is COC(=O)C=Cc1cc([N+](=O)[O-])ccn1. The first-order valence-electron chi connectivity index (χ1n) is 4.00. The van der Waals surface area contributed by atoms with Crippen molar-refractivity contribution in [3.8, 4) is 0 Å². The van der Waals surface area contributed by atoms with E-state index in [1.54, 1.807) is 0 Å². The van der Waals surface area contributed by atoms with Gasteiger partial charge in [-0.05, 0) is 6.08 Å². The smallest absolute Gasteiger partial charge is 0.330 e. The van der Waals surface area contributed by atoms with Crippen LogP contribution in [0.1, 0.15) is 5.69 Å². The monoisotopic (exact) mass is 208 g/mol. The average Bonchev–Trinajstić information content (AvgIpc) is 2.26. The Kier molecular flexibility index (Phi) is 3.50. The number of pyridine rings is 1. The number of methoxy groups -OCH3 is 1. The minimum Gasteiger partial charge on any atom is -0.466 e. The van der Waals surface area contributed by atoms with Crippen LogP contribution < -0.4 is 0 Å². The first-order valence-corrected chi connectivity index (χ1v) is 4.00. The van der Waals surface area contributed by atoms with Gasteiger partial charge in [0.05, 0.1) is 17.7 Å². The van der Waals surface area contributed by atoms with Crippen molar-refractivity contribution in [3.05, 3.63) is 40.2 Å². The molecule has 0 aliphatic rings. The van der Waals surface area contributed by atoms with Crippen LogP contribution in [-0.4, -0.2) is 23.0 Å². The van der Waals surface area contributed by atoms with Gasteiger partial charge in [-0.25, -0.2) is 4.79 Å². The molecule has 15 heavy (non-hydrogen) atoms.